The lowest BCUT2D eigenvalue weighted by Crippen LogP contribution is -2.31. The average Bonchev–Trinajstić information content (AvgIpc) is 3.27. The normalized spacial score (nSPS) is 13.8. The summed E-state index contributed by atoms with van der Waals surface area (Å²) in [6.45, 7) is 5.93. The number of hydrogen-bond donors (Lipinski definition) is 1. The summed E-state index contributed by atoms with van der Waals surface area (Å²) < 4.78 is 7.63. The standard InChI is InChI=1S/C22H23N3O2S/c1-14-9-10-17(11-15(14)2)25-21(19-12-28-13-20(19)24-25)23-22(26)16(3)27-18-7-5-4-6-8-18/h4-11,16H,12-13H2,1-3H3,(H,23,26). The molecule has 1 unspecified atom stereocenters. The molecule has 1 aliphatic heterocycles. The van der Waals surface area contributed by atoms with Gasteiger partial charge in [-0.3, -0.25) is 4.79 Å². The van der Waals surface area contributed by atoms with Crippen molar-refractivity contribution in [1.82, 2.24) is 9.78 Å². The van der Waals surface area contributed by atoms with Crippen LogP contribution in [0.1, 0.15) is 29.3 Å². The maximum Gasteiger partial charge on any atom is 0.266 e. The molecule has 28 heavy (non-hydrogen) atoms. The molecule has 4 rings (SSSR count). The zero-order valence-electron chi connectivity index (χ0n) is 16.2. The minimum atomic E-state index is -0.616. The smallest absolute Gasteiger partial charge is 0.266 e. The van der Waals surface area contributed by atoms with Crippen molar-refractivity contribution in [1.29, 1.82) is 0 Å². The maximum absolute atomic E-state index is 12.8. The number of carbonyl (C=O) groups excluding carboxylic acids is 1. The topological polar surface area (TPSA) is 56.2 Å². The highest BCUT2D eigenvalue weighted by Gasteiger charge is 2.26. The zero-order valence-corrected chi connectivity index (χ0v) is 17.0. The number of thioether (sulfide) groups is 1. The van der Waals surface area contributed by atoms with Crippen LogP contribution in [0.25, 0.3) is 5.69 Å². The number of amides is 1. The first-order chi connectivity index (χ1) is 13.5. The number of anilines is 1. The molecule has 2 aromatic carbocycles. The van der Waals surface area contributed by atoms with Gasteiger partial charge in [-0.1, -0.05) is 24.3 Å². The zero-order chi connectivity index (χ0) is 19.7. The molecular formula is C22H23N3O2S. The number of ether oxygens (including phenoxy) is 1. The molecule has 1 atom stereocenters. The summed E-state index contributed by atoms with van der Waals surface area (Å²) in [6, 6.07) is 15.6. The second-order valence-electron chi connectivity index (χ2n) is 7.01. The van der Waals surface area contributed by atoms with Crippen LogP contribution in [0.5, 0.6) is 5.75 Å². The lowest BCUT2D eigenvalue weighted by atomic mass is 10.1. The van der Waals surface area contributed by atoms with E-state index in [4.69, 9.17) is 9.84 Å². The Morgan fingerprint density at radius 1 is 1.14 bits per heavy atom. The van der Waals surface area contributed by atoms with E-state index in [9.17, 15) is 4.79 Å². The van der Waals surface area contributed by atoms with Gasteiger partial charge in [0.2, 0.25) is 0 Å². The van der Waals surface area contributed by atoms with Gasteiger partial charge >= 0.3 is 0 Å². The van der Waals surface area contributed by atoms with Crippen molar-refractivity contribution in [2.75, 3.05) is 5.32 Å². The number of fused-ring (bicyclic) bond motifs is 1. The second kappa shape index (κ2) is 7.72. The van der Waals surface area contributed by atoms with Crippen LogP contribution < -0.4 is 10.1 Å². The van der Waals surface area contributed by atoms with E-state index in [-0.39, 0.29) is 5.91 Å². The van der Waals surface area contributed by atoms with Crippen LogP contribution in [0.4, 0.5) is 5.82 Å². The number of hydrogen-bond acceptors (Lipinski definition) is 4. The molecule has 0 aliphatic carbocycles. The molecule has 0 saturated heterocycles. The maximum atomic E-state index is 12.8. The van der Waals surface area contributed by atoms with Crippen molar-refractivity contribution in [3.05, 3.63) is 70.9 Å². The summed E-state index contributed by atoms with van der Waals surface area (Å²) in [4.78, 5) is 12.8. The van der Waals surface area contributed by atoms with Crippen molar-refractivity contribution in [2.24, 2.45) is 0 Å². The van der Waals surface area contributed by atoms with E-state index in [1.807, 2.05) is 52.8 Å². The summed E-state index contributed by atoms with van der Waals surface area (Å²) >= 11 is 1.81. The highest BCUT2D eigenvalue weighted by molar-refractivity contribution is 7.98. The number of nitrogens with zero attached hydrogens (tertiary/aromatic N) is 2. The number of aryl methyl sites for hydroxylation is 2. The Morgan fingerprint density at radius 3 is 2.68 bits per heavy atom. The third-order valence-corrected chi connectivity index (χ3v) is 5.92. The van der Waals surface area contributed by atoms with Crippen LogP contribution >= 0.6 is 11.8 Å². The van der Waals surface area contributed by atoms with Crippen molar-refractivity contribution in [3.8, 4) is 11.4 Å². The van der Waals surface area contributed by atoms with E-state index >= 15 is 0 Å². The van der Waals surface area contributed by atoms with E-state index < -0.39 is 6.10 Å². The van der Waals surface area contributed by atoms with Gasteiger partial charge in [0.15, 0.2) is 6.10 Å². The molecule has 144 valence electrons. The van der Waals surface area contributed by atoms with Crippen LogP contribution in [0.3, 0.4) is 0 Å². The average molecular weight is 394 g/mol. The summed E-state index contributed by atoms with van der Waals surface area (Å²) in [5.74, 6) is 2.95. The number of carbonyl (C=O) groups is 1. The van der Waals surface area contributed by atoms with Crippen molar-refractivity contribution in [2.45, 2.75) is 38.4 Å². The molecule has 0 bridgehead atoms. The first-order valence-electron chi connectivity index (χ1n) is 9.31. The van der Waals surface area contributed by atoms with Gasteiger partial charge in [0, 0.05) is 17.1 Å². The summed E-state index contributed by atoms with van der Waals surface area (Å²) in [5, 5.41) is 7.84. The Labute approximate surface area is 169 Å². The van der Waals surface area contributed by atoms with Gasteiger partial charge in [-0.15, -0.1) is 0 Å². The molecule has 2 heterocycles. The van der Waals surface area contributed by atoms with Crippen LogP contribution in [0, 0.1) is 13.8 Å². The molecule has 0 fully saturated rings. The van der Waals surface area contributed by atoms with E-state index in [0.717, 1.165) is 34.3 Å². The quantitative estimate of drug-likeness (QED) is 0.686. The van der Waals surface area contributed by atoms with Gasteiger partial charge in [-0.2, -0.15) is 16.9 Å². The lowest BCUT2D eigenvalue weighted by Gasteiger charge is -2.16. The summed E-state index contributed by atoms with van der Waals surface area (Å²) in [5.41, 5.74) is 5.52. The van der Waals surface area contributed by atoms with Crippen LogP contribution in [0.15, 0.2) is 48.5 Å². The predicted octanol–water partition coefficient (Wildman–Crippen LogP) is 4.64. The van der Waals surface area contributed by atoms with Gasteiger partial charge in [0.1, 0.15) is 11.6 Å². The van der Waals surface area contributed by atoms with Crippen LogP contribution in [-0.4, -0.2) is 21.8 Å². The number of rotatable bonds is 5. The Morgan fingerprint density at radius 2 is 1.93 bits per heavy atom. The molecule has 1 aliphatic rings. The van der Waals surface area contributed by atoms with Gasteiger partial charge in [0.25, 0.3) is 5.91 Å². The molecule has 1 aromatic heterocycles. The van der Waals surface area contributed by atoms with Crippen molar-refractivity contribution >= 4 is 23.5 Å². The minimum Gasteiger partial charge on any atom is -0.481 e. The number of nitrogens with one attached hydrogen (secondary N) is 1. The molecule has 0 spiro atoms. The van der Waals surface area contributed by atoms with E-state index in [2.05, 4.69) is 31.3 Å². The fourth-order valence-corrected chi connectivity index (χ4v) is 4.20. The Kier molecular flexibility index (Phi) is 5.13. The Hall–Kier alpha value is -2.73. The molecule has 1 amide bonds. The van der Waals surface area contributed by atoms with E-state index in [0.29, 0.717) is 5.75 Å². The fraction of sp³-hybridized carbons (Fsp3) is 0.273. The highest BCUT2D eigenvalue weighted by atomic mass is 32.2. The molecular weight excluding hydrogens is 370 g/mol. The first kappa shape index (κ1) is 18.6. The molecule has 0 radical (unpaired) electrons. The van der Waals surface area contributed by atoms with Crippen molar-refractivity contribution in [3.63, 3.8) is 0 Å². The molecule has 6 heteroatoms. The minimum absolute atomic E-state index is 0.187. The van der Waals surface area contributed by atoms with Gasteiger partial charge in [-0.25, -0.2) is 4.68 Å². The predicted molar refractivity (Wildman–Crippen MR) is 113 cm³/mol. The lowest BCUT2D eigenvalue weighted by molar-refractivity contribution is -0.122. The monoisotopic (exact) mass is 393 g/mol. The summed E-state index contributed by atoms with van der Waals surface area (Å²) in [6.07, 6.45) is -0.616. The van der Waals surface area contributed by atoms with E-state index in [1.165, 1.54) is 11.1 Å². The Bertz CT molecular complexity index is 1010. The number of benzene rings is 2. The molecule has 3 aromatic rings. The van der Waals surface area contributed by atoms with Gasteiger partial charge in [0.05, 0.1) is 11.4 Å². The van der Waals surface area contributed by atoms with Gasteiger partial charge < -0.3 is 10.1 Å². The number of aromatic nitrogens is 2. The van der Waals surface area contributed by atoms with Crippen LogP contribution in [0.2, 0.25) is 0 Å². The molecule has 5 nitrogen and oxygen atoms in total. The first-order valence-corrected chi connectivity index (χ1v) is 10.5. The largest absolute Gasteiger partial charge is 0.481 e. The SMILES string of the molecule is Cc1ccc(-n2nc3c(c2NC(=O)C(C)Oc2ccccc2)CSC3)cc1C. The Balaban J connectivity index is 1.61. The van der Waals surface area contributed by atoms with Crippen molar-refractivity contribution < 1.29 is 9.53 Å². The second-order valence-corrected chi connectivity index (χ2v) is 8.00. The van der Waals surface area contributed by atoms with Crippen LogP contribution in [-0.2, 0) is 16.3 Å². The van der Waals surface area contributed by atoms with Gasteiger partial charge in [-0.05, 0) is 56.2 Å². The molecule has 0 saturated carbocycles. The van der Waals surface area contributed by atoms with E-state index in [1.54, 1.807) is 6.92 Å². The fourth-order valence-electron chi connectivity index (χ4n) is 3.16. The summed E-state index contributed by atoms with van der Waals surface area (Å²) in [7, 11) is 0. The highest BCUT2D eigenvalue weighted by Crippen LogP contribution is 2.36. The molecule has 1 N–H and O–H groups in total. The number of para-hydroxylation sites is 1. The third kappa shape index (κ3) is 3.64. The third-order valence-electron chi connectivity index (χ3n) is 4.95.